The number of aromatic nitrogens is 3. The van der Waals surface area contributed by atoms with E-state index in [2.05, 4.69) is 31.4 Å². The number of thioether (sulfide) groups is 1. The minimum Gasteiger partial charge on any atom is -0.462 e. The van der Waals surface area contributed by atoms with E-state index < -0.39 is 0 Å². The molecule has 0 atom stereocenters. The molecule has 164 valence electrons. The van der Waals surface area contributed by atoms with E-state index in [1.165, 1.54) is 23.1 Å². The van der Waals surface area contributed by atoms with E-state index in [0.717, 1.165) is 29.7 Å². The fourth-order valence-electron chi connectivity index (χ4n) is 3.50. The molecule has 3 aromatic heterocycles. The monoisotopic (exact) mass is 524 g/mol. The van der Waals surface area contributed by atoms with Gasteiger partial charge in [0.15, 0.2) is 15.6 Å². The Morgan fingerprint density at radius 1 is 1.32 bits per heavy atom. The predicted octanol–water partition coefficient (Wildman–Crippen LogP) is 4.78. The molecule has 3 aromatic rings. The van der Waals surface area contributed by atoms with Crippen molar-refractivity contribution < 1.29 is 18.7 Å². The van der Waals surface area contributed by atoms with E-state index >= 15 is 0 Å². The summed E-state index contributed by atoms with van der Waals surface area (Å²) in [5, 5.41) is 12.5. The number of aryl methyl sites for hydroxylation is 1. The summed E-state index contributed by atoms with van der Waals surface area (Å²) in [6.45, 7) is 4.69. The van der Waals surface area contributed by atoms with Gasteiger partial charge in [0.2, 0.25) is 11.7 Å². The van der Waals surface area contributed by atoms with Gasteiger partial charge in [-0.15, -0.1) is 21.5 Å². The third kappa shape index (κ3) is 4.58. The zero-order valence-electron chi connectivity index (χ0n) is 17.1. The summed E-state index contributed by atoms with van der Waals surface area (Å²) < 4.78 is 13.3. The van der Waals surface area contributed by atoms with Crippen LogP contribution in [0.5, 0.6) is 0 Å². The molecule has 11 heteroatoms. The maximum absolute atomic E-state index is 12.7. The van der Waals surface area contributed by atoms with Crippen molar-refractivity contribution in [2.24, 2.45) is 0 Å². The van der Waals surface area contributed by atoms with Gasteiger partial charge in [-0.1, -0.05) is 11.8 Å². The number of carbonyl (C=O) groups excluding carboxylic acids is 2. The highest BCUT2D eigenvalue weighted by atomic mass is 79.9. The number of nitrogens with one attached hydrogen (secondary N) is 1. The molecule has 1 aliphatic rings. The standard InChI is InChI=1S/C20H21BrN4O4S2/c1-3-25-17(12-8-9-14(21)29-12)23-24-20(25)30-10-15(26)22-18-16(19(27)28-4-2)11-6-5-7-13(11)31-18/h8-9H,3-7,10H2,1-2H3,(H,22,26). The molecule has 0 aromatic carbocycles. The molecule has 3 heterocycles. The van der Waals surface area contributed by atoms with Gasteiger partial charge in [0.1, 0.15) is 5.00 Å². The molecular weight excluding hydrogens is 504 g/mol. The van der Waals surface area contributed by atoms with Gasteiger partial charge in [0.05, 0.1) is 17.9 Å². The second kappa shape index (κ2) is 9.58. The first-order valence-corrected chi connectivity index (χ1v) is 12.5. The minimum absolute atomic E-state index is 0.144. The number of ether oxygens (including phenoxy) is 1. The van der Waals surface area contributed by atoms with Gasteiger partial charge in [0.25, 0.3) is 0 Å². The normalized spacial score (nSPS) is 12.7. The Labute approximate surface area is 195 Å². The molecule has 0 unspecified atom stereocenters. The molecule has 4 rings (SSSR count). The van der Waals surface area contributed by atoms with Crippen molar-refractivity contribution in [1.29, 1.82) is 0 Å². The first kappa shape index (κ1) is 22.1. The number of amides is 1. The van der Waals surface area contributed by atoms with Crippen molar-refractivity contribution >= 4 is 55.9 Å². The molecule has 31 heavy (non-hydrogen) atoms. The van der Waals surface area contributed by atoms with Crippen molar-refractivity contribution in [3.8, 4) is 11.6 Å². The molecule has 0 saturated carbocycles. The Kier molecular flexibility index (Phi) is 6.83. The predicted molar refractivity (Wildman–Crippen MR) is 123 cm³/mol. The van der Waals surface area contributed by atoms with Crippen LogP contribution in [0.3, 0.4) is 0 Å². The quantitative estimate of drug-likeness (QED) is 0.334. The number of anilines is 1. The minimum atomic E-state index is -0.371. The Morgan fingerprint density at radius 3 is 2.87 bits per heavy atom. The summed E-state index contributed by atoms with van der Waals surface area (Å²) in [6, 6.07) is 3.61. The van der Waals surface area contributed by atoms with Crippen LogP contribution in [0.2, 0.25) is 0 Å². The number of furan rings is 1. The van der Waals surface area contributed by atoms with E-state index in [4.69, 9.17) is 9.15 Å². The van der Waals surface area contributed by atoms with Crippen LogP contribution in [0.15, 0.2) is 26.4 Å². The zero-order chi connectivity index (χ0) is 22.0. The molecule has 0 bridgehead atoms. The smallest absolute Gasteiger partial charge is 0.341 e. The van der Waals surface area contributed by atoms with Crippen LogP contribution in [-0.2, 0) is 28.9 Å². The number of nitrogens with zero attached hydrogens (tertiary/aromatic N) is 3. The summed E-state index contributed by atoms with van der Waals surface area (Å²) in [5.41, 5.74) is 1.53. The van der Waals surface area contributed by atoms with Gasteiger partial charge >= 0.3 is 5.97 Å². The van der Waals surface area contributed by atoms with Gasteiger partial charge in [-0.3, -0.25) is 9.36 Å². The Morgan fingerprint density at radius 2 is 2.16 bits per heavy atom. The van der Waals surface area contributed by atoms with Gasteiger partial charge in [0, 0.05) is 11.4 Å². The van der Waals surface area contributed by atoms with Gasteiger partial charge in [-0.05, 0) is 66.7 Å². The summed E-state index contributed by atoms with van der Waals surface area (Å²) in [6.07, 6.45) is 2.80. The Balaban J connectivity index is 1.46. The highest BCUT2D eigenvalue weighted by molar-refractivity contribution is 9.10. The number of hydrogen-bond acceptors (Lipinski definition) is 8. The third-order valence-electron chi connectivity index (χ3n) is 4.81. The zero-order valence-corrected chi connectivity index (χ0v) is 20.3. The van der Waals surface area contributed by atoms with Crippen LogP contribution in [0.25, 0.3) is 11.6 Å². The largest absolute Gasteiger partial charge is 0.462 e. The summed E-state index contributed by atoms with van der Waals surface area (Å²) >= 11 is 6.05. The van der Waals surface area contributed by atoms with Crippen molar-refractivity contribution in [3.63, 3.8) is 0 Å². The Bertz CT molecular complexity index is 1120. The number of fused-ring (bicyclic) bond motifs is 1. The second-order valence-electron chi connectivity index (χ2n) is 6.77. The van der Waals surface area contributed by atoms with Crippen LogP contribution in [0.1, 0.15) is 41.1 Å². The van der Waals surface area contributed by atoms with Gasteiger partial charge in [-0.25, -0.2) is 4.79 Å². The van der Waals surface area contributed by atoms with Crippen LogP contribution in [-0.4, -0.2) is 39.0 Å². The fourth-order valence-corrected chi connectivity index (χ4v) is 5.90. The van der Waals surface area contributed by atoms with Crippen molar-refractivity contribution in [2.75, 3.05) is 17.7 Å². The molecule has 0 fully saturated rings. The van der Waals surface area contributed by atoms with E-state index in [1.54, 1.807) is 13.0 Å². The molecule has 1 amide bonds. The number of thiophene rings is 1. The molecule has 0 spiro atoms. The van der Waals surface area contributed by atoms with E-state index in [0.29, 0.717) is 45.1 Å². The number of carbonyl (C=O) groups is 2. The molecule has 8 nitrogen and oxygen atoms in total. The number of halogens is 1. The van der Waals surface area contributed by atoms with E-state index in [9.17, 15) is 9.59 Å². The average molecular weight is 525 g/mol. The summed E-state index contributed by atoms with van der Waals surface area (Å²) in [7, 11) is 0. The van der Waals surface area contributed by atoms with E-state index in [-0.39, 0.29) is 17.6 Å². The lowest BCUT2D eigenvalue weighted by Crippen LogP contribution is -2.17. The first-order chi connectivity index (χ1) is 15.0. The van der Waals surface area contributed by atoms with E-state index in [1.807, 2.05) is 17.6 Å². The van der Waals surface area contributed by atoms with Crippen molar-refractivity contribution in [2.45, 2.75) is 44.8 Å². The number of rotatable bonds is 8. The summed E-state index contributed by atoms with van der Waals surface area (Å²) in [5.74, 6) is 0.776. The fraction of sp³-hybridized carbons (Fsp3) is 0.400. The maximum atomic E-state index is 12.7. The molecule has 0 saturated heterocycles. The van der Waals surface area contributed by atoms with Crippen molar-refractivity contribution in [1.82, 2.24) is 14.8 Å². The molecule has 1 aliphatic carbocycles. The Hall–Kier alpha value is -2.11. The van der Waals surface area contributed by atoms with Crippen LogP contribution in [0, 0.1) is 0 Å². The SMILES string of the molecule is CCOC(=O)c1c(NC(=O)CSc2nnc(-c3ccc(Br)o3)n2CC)sc2c1CCC2. The average Bonchev–Trinajstić information content (AvgIpc) is 3.49. The molecule has 0 aliphatic heterocycles. The molecule has 0 radical (unpaired) electrons. The second-order valence-corrected chi connectivity index (χ2v) is 9.60. The summed E-state index contributed by atoms with van der Waals surface area (Å²) in [4.78, 5) is 26.3. The molecular formula is C20H21BrN4O4S2. The maximum Gasteiger partial charge on any atom is 0.341 e. The number of hydrogen-bond donors (Lipinski definition) is 1. The lowest BCUT2D eigenvalue weighted by molar-refractivity contribution is -0.113. The van der Waals surface area contributed by atoms with Crippen LogP contribution < -0.4 is 5.32 Å². The van der Waals surface area contributed by atoms with Gasteiger partial charge in [-0.2, -0.15) is 0 Å². The highest BCUT2D eigenvalue weighted by Gasteiger charge is 2.28. The topological polar surface area (TPSA) is 99.2 Å². The number of esters is 1. The molecule has 1 N–H and O–H groups in total. The van der Waals surface area contributed by atoms with Crippen molar-refractivity contribution in [3.05, 3.63) is 32.8 Å². The third-order valence-corrected chi connectivity index (χ3v) is 7.41. The highest BCUT2D eigenvalue weighted by Crippen LogP contribution is 2.39. The first-order valence-electron chi connectivity index (χ1n) is 9.95. The lowest BCUT2D eigenvalue weighted by atomic mass is 10.1. The van der Waals surface area contributed by atoms with Gasteiger partial charge < -0.3 is 14.5 Å². The van der Waals surface area contributed by atoms with Crippen LogP contribution >= 0.6 is 39.0 Å². The van der Waals surface area contributed by atoms with Crippen LogP contribution in [0.4, 0.5) is 5.00 Å². The lowest BCUT2D eigenvalue weighted by Gasteiger charge is -2.08.